The molecule has 184 valence electrons. The number of hydrogen-bond acceptors (Lipinski definition) is 6. The molecule has 0 saturated carbocycles. The van der Waals surface area contributed by atoms with Crippen LogP contribution in [0.4, 0.5) is 0 Å². The van der Waals surface area contributed by atoms with Gasteiger partial charge in [-0.05, 0) is 19.8 Å². The van der Waals surface area contributed by atoms with Gasteiger partial charge in [0.15, 0.2) is 6.29 Å². The van der Waals surface area contributed by atoms with Crippen molar-refractivity contribution in [2.24, 2.45) is 5.92 Å². The van der Waals surface area contributed by atoms with Crippen molar-refractivity contribution in [3.8, 4) is 0 Å². The van der Waals surface area contributed by atoms with Crippen molar-refractivity contribution in [1.29, 1.82) is 0 Å². The normalized spacial score (nSPS) is 28.8. The van der Waals surface area contributed by atoms with Gasteiger partial charge in [-0.15, -0.1) is 0 Å². The van der Waals surface area contributed by atoms with Crippen molar-refractivity contribution in [3.63, 3.8) is 0 Å². The Kier molecular flexibility index (Phi) is 15.7. The van der Waals surface area contributed by atoms with Gasteiger partial charge >= 0.3 is 0 Å². The monoisotopic (exact) mass is 444 g/mol. The van der Waals surface area contributed by atoms with Crippen molar-refractivity contribution in [3.05, 3.63) is 12.2 Å². The smallest absolute Gasteiger partial charge is 0.186 e. The van der Waals surface area contributed by atoms with Gasteiger partial charge in [0, 0.05) is 5.92 Å². The van der Waals surface area contributed by atoms with E-state index < -0.39 is 36.8 Å². The SMILES string of the molecule is CCCCCCCCCCCCC/C=C/[C@@H](O)[C@@H](C)CO[C@H]1O[C@H](C)[C@@H](O)[C@H](O)[C@H]1O. The summed E-state index contributed by atoms with van der Waals surface area (Å²) in [7, 11) is 0. The summed E-state index contributed by atoms with van der Waals surface area (Å²) in [6, 6.07) is 0. The molecule has 31 heavy (non-hydrogen) atoms. The molecule has 0 aromatic carbocycles. The lowest BCUT2D eigenvalue weighted by molar-refractivity contribution is -0.296. The minimum absolute atomic E-state index is 0.177. The van der Waals surface area contributed by atoms with Crippen LogP contribution in [0.25, 0.3) is 0 Å². The van der Waals surface area contributed by atoms with Gasteiger partial charge in [0.05, 0.1) is 18.8 Å². The Morgan fingerprint density at radius 1 is 0.839 bits per heavy atom. The fraction of sp³-hybridized carbons (Fsp3) is 0.920. The van der Waals surface area contributed by atoms with Gasteiger partial charge in [-0.1, -0.05) is 90.2 Å². The molecule has 1 aliphatic rings. The van der Waals surface area contributed by atoms with Crippen LogP contribution in [0.1, 0.15) is 97.8 Å². The van der Waals surface area contributed by atoms with Gasteiger partial charge in [-0.3, -0.25) is 0 Å². The summed E-state index contributed by atoms with van der Waals surface area (Å²) in [6.45, 7) is 5.92. The van der Waals surface area contributed by atoms with Crippen LogP contribution in [0.3, 0.4) is 0 Å². The summed E-state index contributed by atoms with van der Waals surface area (Å²) in [4.78, 5) is 0. The Morgan fingerprint density at radius 3 is 1.97 bits per heavy atom. The van der Waals surface area contributed by atoms with Gasteiger partial charge in [-0.25, -0.2) is 0 Å². The van der Waals surface area contributed by atoms with Gasteiger partial charge in [0.25, 0.3) is 0 Å². The maximum Gasteiger partial charge on any atom is 0.186 e. The number of ether oxygens (including phenoxy) is 2. The highest BCUT2D eigenvalue weighted by Crippen LogP contribution is 2.22. The molecule has 0 aromatic heterocycles. The first-order chi connectivity index (χ1) is 14.9. The number of allylic oxidation sites excluding steroid dienone is 1. The molecule has 0 radical (unpaired) electrons. The average molecular weight is 445 g/mol. The number of unbranched alkanes of at least 4 members (excludes halogenated alkanes) is 11. The van der Waals surface area contributed by atoms with Gasteiger partial charge in [0.2, 0.25) is 0 Å². The minimum Gasteiger partial charge on any atom is -0.389 e. The highest BCUT2D eigenvalue weighted by Gasteiger charge is 2.42. The zero-order chi connectivity index (χ0) is 23.1. The van der Waals surface area contributed by atoms with Crippen LogP contribution in [-0.4, -0.2) is 63.8 Å². The predicted octanol–water partition coefficient (Wildman–Crippen LogP) is 4.08. The van der Waals surface area contributed by atoms with Crippen LogP contribution < -0.4 is 0 Å². The molecular formula is C25H48O6. The molecule has 0 aromatic rings. The van der Waals surface area contributed by atoms with E-state index in [4.69, 9.17) is 9.47 Å². The van der Waals surface area contributed by atoms with Crippen molar-refractivity contribution in [1.82, 2.24) is 0 Å². The Hall–Kier alpha value is -0.500. The lowest BCUT2D eigenvalue weighted by atomic mass is 10.00. The van der Waals surface area contributed by atoms with E-state index >= 15 is 0 Å². The van der Waals surface area contributed by atoms with E-state index in [-0.39, 0.29) is 12.5 Å². The maximum atomic E-state index is 10.3. The summed E-state index contributed by atoms with van der Waals surface area (Å²) < 4.78 is 11.0. The zero-order valence-electron chi connectivity index (χ0n) is 20.0. The Labute approximate surface area is 189 Å². The fourth-order valence-electron chi connectivity index (χ4n) is 3.85. The second-order valence-electron chi connectivity index (χ2n) is 9.23. The van der Waals surface area contributed by atoms with Crippen molar-refractivity contribution in [2.75, 3.05) is 6.61 Å². The standard InChI is InChI=1S/C25H48O6/c1-4-5-6-7-8-9-10-11-12-13-14-15-16-17-21(26)19(2)18-30-25-24(29)23(28)22(27)20(3)31-25/h16-17,19-29H,4-15,18H2,1-3H3/b17-16+/t19-,20+,21+,22+,23-,24+,25-/m0/s1. The molecule has 1 aliphatic heterocycles. The molecule has 7 atom stereocenters. The molecule has 4 N–H and O–H groups in total. The Balaban J connectivity index is 2.06. The van der Waals surface area contributed by atoms with Crippen molar-refractivity contribution < 1.29 is 29.9 Å². The second-order valence-corrected chi connectivity index (χ2v) is 9.23. The van der Waals surface area contributed by atoms with E-state index in [1.165, 1.54) is 64.2 Å². The summed E-state index contributed by atoms with van der Waals surface area (Å²) in [5, 5.41) is 39.8. The highest BCUT2D eigenvalue weighted by atomic mass is 16.7. The van der Waals surface area contributed by atoms with E-state index in [9.17, 15) is 20.4 Å². The largest absolute Gasteiger partial charge is 0.389 e. The lowest BCUT2D eigenvalue weighted by Crippen LogP contribution is -2.57. The molecule has 0 spiro atoms. The van der Waals surface area contributed by atoms with E-state index in [1.54, 1.807) is 6.92 Å². The predicted molar refractivity (Wildman–Crippen MR) is 124 cm³/mol. The van der Waals surface area contributed by atoms with E-state index in [0.29, 0.717) is 0 Å². The third-order valence-electron chi connectivity index (χ3n) is 6.22. The summed E-state index contributed by atoms with van der Waals surface area (Å²) in [6.07, 6.45) is 13.3. The number of aliphatic hydroxyl groups excluding tert-OH is 4. The molecule has 0 unspecified atom stereocenters. The highest BCUT2D eigenvalue weighted by molar-refractivity contribution is 4.91. The van der Waals surface area contributed by atoms with Gasteiger partial charge < -0.3 is 29.9 Å². The van der Waals surface area contributed by atoms with Crippen molar-refractivity contribution >= 4 is 0 Å². The minimum atomic E-state index is -1.31. The zero-order valence-corrected chi connectivity index (χ0v) is 20.0. The first-order valence-electron chi connectivity index (χ1n) is 12.5. The van der Waals surface area contributed by atoms with Crippen LogP contribution >= 0.6 is 0 Å². The van der Waals surface area contributed by atoms with Crippen LogP contribution in [0.2, 0.25) is 0 Å². The topological polar surface area (TPSA) is 99.4 Å². The number of aliphatic hydroxyl groups is 4. The lowest BCUT2D eigenvalue weighted by Gasteiger charge is -2.39. The van der Waals surface area contributed by atoms with Crippen LogP contribution in [0, 0.1) is 5.92 Å². The van der Waals surface area contributed by atoms with E-state index in [1.807, 2.05) is 19.1 Å². The first-order valence-corrected chi connectivity index (χ1v) is 12.5. The molecule has 6 nitrogen and oxygen atoms in total. The summed E-state index contributed by atoms with van der Waals surface area (Å²) in [5.74, 6) is -0.177. The number of rotatable bonds is 17. The molecule has 0 aliphatic carbocycles. The van der Waals surface area contributed by atoms with Crippen LogP contribution in [0.5, 0.6) is 0 Å². The van der Waals surface area contributed by atoms with E-state index in [2.05, 4.69) is 6.92 Å². The van der Waals surface area contributed by atoms with Crippen LogP contribution in [0.15, 0.2) is 12.2 Å². The molecule has 1 heterocycles. The van der Waals surface area contributed by atoms with Gasteiger partial charge in [0.1, 0.15) is 18.3 Å². The third kappa shape index (κ3) is 11.8. The first kappa shape index (κ1) is 28.5. The molecule has 1 saturated heterocycles. The average Bonchev–Trinajstić information content (AvgIpc) is 2.76. The molecule has 0 bridgehead atoms. The molecule has 1 fully saturated rings. The quantitative estimate of drug-likeness (QED) is 0.199. The van der Waals surface area contributed by atoms with Crippen LogP contribution in [-0.2, 0) is 9.47 Å². The summed E-state index contributed by atoms with van der Waals surface area (Å²) in [5.41, 5.74) is 0. The Bertz CT molecular complexity index is 457. The Morgan fingerprint density at radius 2 is 1.39 bits per heavy atom. The molecule has 1 rings (SSSR count). The van der Waals surface area contributed by atoms with E-state index in [0.717, 1.165) is 12.8 Å². The number of hydrogen-bond donors (Lipinski definition) is 4. The van der Waals surface area contributed by atoms with Crippen molar-refractivity contribution in [2.45, 2.75) is 135 Å². The second kappa shape index (κ2) is 17.0. The molecule has 6 heteroatoms. The molecule has 0 amide bonds. The van der Waals surface area contributed by atoms with Gasteiger partial charge in [-0.2, -0.15) is 0 Å². The maximum absolute atomic E-state index is 10.3. The summed E-state index contributed by atoms with van der Waals surface area (Å²) >= 11 is 0. The fourth-order valence-corrected chi connectivity index (χ4v) is 3.85. The molecular weight excluding hydrogens is 396 g/mol. The third-order valence-corrected chi connectivity index (χ3v) is 6.22.